The molecule has 4 aromatic rings. The molecule has 0 spiro atoms. The smallest absolute Gasteiger partial charge is 0.320 e. The molecular formula is C27H31N5O3. The van der Waals surface area contributed by atoms with Gasteiger partial charge in [0, 0.05) is 41.8 Å². The van der Waals surface area contributed by atoms with Gasteiger partial charge < -0.3 is 9.26 Å². The Morgan fingerprint density at radius 3 is 2.80 bits per heavy atom. The second-order valence-electron chi connectivity index (χ2n) is 10.4. The number of esters is 1. The van der Waals surface area contributed by atoms with Gasteiger partial charge in [-0.05, 0) is 70.4 Å². The molecule has 0 unspecified atom stereocenters. The molecule has 0 radical (unpaired) electrons. The summed E-state index contributed by atoms with van der Waals surface area (Å²) in [5.74, 6) is 0.866. The number of rotatable bonds is 5. The summed E-state index contributed by atoms with van der Waals surface area (Å²) in [6.45, 7) is 11.6. The molecule has 5 rings (SSSR count). The number of hydrogen-bond donors (Lipinski definition) is 0. The SMILES string of the molecule is CC(C)n1cc2cc(-c3nc(-c4cccc5c4CCN(CC(=O)OC(C)(C)C)C5)no3)ccc2n1. The number of carbonyl (C=O) groups is 1. The highest BCUT2D eigenvalue weighted by Crippen LogP contribution is 2.31. The van der Waals surface area contributed by atoms with Crippen LogP contribution in [0.3, 0.4) is 0 Å². The van der Waals surface area contributed by atoms with Gasteiger partial charge in [-0.25, -0.2) is 0 Å². The van der Waals surface area contributed by atoms with Crippen molar-refractivity contribution in [1.82, 2.24) is 24.8 Å². The summed E-state index contributed by atoms with van der Waals surface area (Å²) in [4.78, 5) is 19.1. The van der Waals surface area contributed by atoms with Crippen molar-refractivity contribution in [1.29, 1.82) is 0 Å². The Balaban J connectivity index is 1.36. The van der Waals surface area contributed by atoms with Crippen molar-refractivity contribution in [3.8, 4) is 22.8 Å². The molecule has 0 N–H and O–H groups in total. The van der Waals surface area contributed by atoms with E-state index >= 15 is 0 Å². The molecule has 2 aromatic carbocycles. The predicted octanol–water partition coefficient (Wildman–Crippen LogP) is 5.03. The van der Waals surface area contributed by atoms with Gasteiger partial charge in [-0.2, -0.15) is 10.1 Å². The van der Waals surface area contributed by atoms with Gasteiger partial charge in [0.15, 0.2) is 0 Å². The first-order valence-electron chi connectivity index (χ1n) is 12.0. The minimum absolute atomic E-state index is 0.198. The molecule has 1 aliphatic heterocycles. The monoisotopic (exact) mass is 473 g/mol. The van der Waals surface area contributed by atoms with Gasteiger partial charge in [0.2, 0.25) is 5.82 Å². The van der Waals surface area contributed by atoms with Crippen molar-refractivity contribution in [2.45, 2.75) is 59.2 Å². The highest BCUT2D eigenvalue weighted by atomic mass is 16.6. The van der Waals surface area contributed by atoms with Gasteiger partial charge in [-0.15, -0.1) is 0 Å². The third-order valence-corrected chi connectivity index (χ3v) is 6.08. The second-order valence-corrected chi connectivity index (χ2v) is 10.4. The Labute approximate surface area is 204 Å². The van der Waals surface area contributed by atoms with E-state index in [9.17, 15) is 4.79 Å². The minimum atomic E-state index is -0.478. The van der Waals surface area contributed by atoms with Crippen LogP contribution in [0, 0.1) is 0 Å². The fourth-order valence-electron chi connectivity index (χ4n) is 4.46. The number of aromatic nitrogens is 4. The number of nitrogens with zero attached hydrogens (tertiary/aromatic N) is 5. The Morgan fingerprint density at radius 1 is 1.20 bits per heavy atom. The van der Waals surface area contributed by atoms with Crippen molar-refractivity contribution in [2.75, 3.05) is 13.1 Å². The van der Waals surface area contributed by atoms with Gasteiger partial charge >= 0.3 is 5.97 Å². The molecular weight excluding hydrogens is 442 g/mol. The van der Waals surface area contributed by atoms with Crippen LogP contribution in [0.25, 0.3) is 33.7 Å². The van der Waals surface area contributed by atoms with Crippen LogP contribution >= 0.6 is 0 Å². The zero-order valence-electron chi connectivity index (χ0n) is 20.9. The van der Waals surface area contributed by atoms with Gasteiger partial charge in [-0.3, -0.25) is 14.4 Å². The maximum atomic E-state index is 12.3. The highest BCUT2D eigenvalue weighted by molar-refractivity contribution is 5.83. The number of hydrogen-bond acceptors (Lipinski definition) is 7. The highest BCUT2D eigenvalue weighted by Gasteiger charge is 2.25. The molecule has 2 aromatic heterocycles. The van der Waals surface area contributed by atoms with Crippen molar-refractivity contribution in [3.05, 3.63) is 53.7 Å². The summed E-state index contributed by atoms with van der Waals surface area (Å²) < 4.78 is 13.1. The Hall–Kier alpha value is -3.52. The maximum Gasteiger partial charge on any atom is 0.320 e. The van der Waals surface area contributed by atoms with E-state index in [1.54, 1.807) is 0 Å². The summed E-state index contributed by atoms with van der Waals surface area (Å²) in [6, 6.07) is 12.4. The van der Waals surface area contributed by atoms with Gasteiger partial charge in [0.25, 0.3) is 5.89 Å². The largest absolute Gasteiger partial charge is 0.459 e. The van der Waals surface area contributed by atoms with E-state index < -0.39 is 5.60 Å². The van der Waals surface area contributed by atoms with Crippen LogP contribution in [0.15, 0.2) is 47.1 Å². The summed E-state index contributed by atoms with van der Waals surface area (Å²) >= 11 is 0. The van der Waals surface area contributed by atoms with Crippen molar-refractivity contribution < 1.29 is 14.1 Å². The minimum Gasteiger partial charge on any atom is -0.459 e. The first-order chi connectivity index (χ1) is 16.7. The molecule has 0 saturated heterocycles. The van der Waals surface area contributed by atoms with Crippen LogP contribution in [0.2, 0.25) is 0 Å². The summed E-state index contributed by atoms with van der Waals surface area (Å²) in [5.41, 5.74) is 4.68. The Bertz CT molecular complexity index is 1380. The third-order valence-electron chi connectivity index (χ3n) is 6.08. The van der Waals surface area contributed by atoms with Gasteiger partial charge in [0.05, 0.1) is 12.1 Å². The topological polar surface area (TPSA) is 86.3 Å². The lowest BCUT2D eigenvalue weighted by Crippen LogP contribution is -2.38. The van der Waals surface area contributed by atoms with E-state index in [1.165, 1.54) is 11.1 Å². The second kappa shape index (κ2) is 8.92. The molecule has 0 aliphatic carbocycles. The fraction of sp³-hybridized carbons (Fsp3) is 0.407. The molecule has 8 heteroatoms. The molecule has 1 aliphatic rings. The molecule has 182 valence electrons. The van der Waals surface area contributed by atoms with Gasteiger partial charge in [-0.1, -0.05) is 23.4 Å². The molecule has 8 nitrogen and oxygen atoms in total. The summed E-state index contributed by atoms with van der Waals surface area (Å²) in [7, 11) is 0. The molecule has 35 heavy (non-hydrogen) atoms. The van der Waals surface area contributed by atoms with Crippen molar-refractivity contribution >= 4 is 16.9 Å². The quantitative estimate of drug-likeness (QED) is 0.376. The van der Waals surface area contributed by atoms with E-state index in [4.69, 9.17) is 14.2 Å². The molecule has 0 bridgehead atoms. The van der Waals surface area contributed by atoms with Crippen LogP contribution in [-0.4, -0.2) is 49.5 Å². The third kappa shape index (κ3) is 4.98. The lowest BCUT2D eigenvalue weighted by Gasteiger charge is -2.30. The zero-order valence-corrected chi connectivity index (χ0v) is 20.9. The standard InChI is InChI=1S/C27H31N5O3/c1-17(2)32-15-20-13-18(9-10-23(20)29-32)26-28-25(30-35-26)22-8-6-7-19-14-31(12-11-21(19)22)16-24(33)34-27(3,4)5/h6-10,13,15,17H,11-12,14,16H2,1-5H3. The van der Waals surface area contributed by atoms with Gasteiger partial charge in [0.1, 0.15) is 5.60 Å². The van der Waals surface area contributed by atoms with Crippen molar-refractivity contribution in [2.24, 2.45) is 0 Å². The molecule has 0 fully saturated rings. The summed E-state index contributed by atoms with van der Waals surface area (Å²) in [6.07, 6.45) is 2.84. The number of benzene rings is 2. The van der Waals surface area contributed by atoms with Crippen LogP contribution in [0.4, 0.5) is 0 Å². The Kier molecular flexibility index (Phi) is 5.92. The lowest BCUT2D eigenvalue weighted by molar-refractivity contribution is -0.156. The first kappa shape index (κ1) is 23.2. The number of ether oxygens (including phenoxy) is 1. The van der Waals surface area contributed by atoms with E-state index in [2.05, 4.69) is 35.1 Å². The van der Waals surface area contributed by atoms with E-state index in [0.29, 0.717) is 24.3 Å². The molecule has 0 saturated carbocycles. The molecule has 0 atom stereocenters. The van der Waals surface area contributed by atoms with Crippen LogP contribution < -0.4 is 0 Å². The van der Waals surface area contributed by atoms with Crippen LogP contribution in [0.5, 0.6) is 0 Å². The number of carbonyl (C=O) groups excluding carboxylic acids is 1. The predicted molar refractivity (Wildman–Crippen MR) is 134 cm³/mol. The van der Waals surface area contributed by atoms with Crippen LogP contribution in [-0.2, 0) is 22.5 Å². The molecule has 0 amide bonds. The fourth-order valence-corrected chi connectivity index (χ4v) is 4.46. The Morgan fingerprint density at radius 2 is 2.03 bits per heavy atom. The van der Waals surface area contributed by atoms with E-state index in [-0.39, 0.29) is 12.5 Å². The molecule has 3 heterocycles. The first-order valence-corrected chi connectivity index (χ1v) is 12.0. The summed E-state index contributed by atoms with van der Waals surface area (Å²) in [5, 5.41) is 9.94. The zero-order chi connectivity index (χ0) is 24.7. The van der Waals surface area contributed by atoms with Crippen molar-refractivity contribution in [3.63, 3.8) is 0 Å². The van der Waals surface area contributed by atoms with E-state index in [1.807, 2.05) is 62.0 Å². The van der Waals surface area contributed by atoms with E-state index in [0.717, 1.165) is 35.0 Å². The maximum absolute atomic E-state index is 12.3. The average Bonchev–Trinajstić information content (AvgIpc) is 3.44. The number of fused-ring (bicyclic) bond motifs is 2. The lowest BCUT2D eigenvalue weighted by atomic mass is 9.94. The van der Waals surface area contributed by atoms with Crippen LogP contribution in [0.1, 0.15) is 51.8 Å². The average molecular weight is 474 g/mol. The normalized spacial score (nSPS) is 14.5.